The third-order valence-corrected chi connectivity index (χ3v) is 6.48. The molecule has 5 aromatic rings. The van der Waals surface area contributed by atoms with Crippen LogP contribution in [0.15, 0.2) is 132 Å². The molecule has 0 saturated heterocycles. The molecule has 0 saturated carbocycles. The van der Waals surface area contributed by atoms with E-state index in [1.807, 2.05) is 139 Å². The molecule has 6 nitrogen and oxygen atoms in total. The summed E-state index contributed by atoms with van der Waals surface area (Å²) in [6.07, 6.45) is 3.82. The highest BCUT2D eigenvalue weighted by Crippen LogP contribution is 2.31. The van der Waals surface area contributed by atoms with E-state index in [1.54, 1.807) is 0 Å². The summed E-state index contributed by atoms with van der Waals surface area (Å²) in [5.74, 6) is 0.575. The van der Waals surface area contributed by atoms with E-state index in [9.17, 15) is 4.79 Å². The average Bonchev–Trinajstić information content (AvgIpc) is 3.54. The van der Waals surface area contributed by atoms with Crippen molar-refractivity contribution in [1.29, 1.82) is 0 Å². The quantitative estimate of drug-likeness (QED) is 0.223. The fraction of sp³-hybridized carbons (Fsp3) is 0.0606. The number of aromatic nitrogens is 2. The van der Waals surface area contributed by atoms with Gasteiger partial charge in [0, 0.05) is 17.3 Å². The molecule has 6 rings (SSSR count). The van der Waals surface area contributed by atoms with Gasteiger partial charge in [0.05, 0.1) is 22.7 Å². The van der Waals surface area contributed by atoms with Crippen LogP contribution in [-0.4, -0.2) is 21.4 Å². The third kappa shape index (κ3) is 5.13. The first-order chi connectivity index (χ1) is 19.2. The fourth-order valence-corrected chi connectivity index (χ4v) is 4.49. The molecule has 0 bridgehead atoms. The number of nitrogens with zero attached hydrogens (tertiary/aromatic N) is 4. The monoisotopic (exact) mass is 510 g/mol. The Morgan fingerprint density at radius 3 is 2.18 bits per heavy atom. The molecule has 0 radical (unpaired) electrons. The Balaban J connectivity index is 1.37. The van der Waals surface area contributed by atoms with Gasteiger partial charge in [-0.1, -0.05) is 78.9 Å². The minimum Gasteiger partial charge on any atom is -0.489 e. The van der Waals surface area contributed by atoms with Crippen molar-refractivity contribution >= 4 is 23.4 Å². The van der Waals surface area contributed by atoms with Crippen LogP contribution in [0.5, 0.6) is 5.75 Å². The number of rotatable bonds is 7. The zero-order chi connectivity index (χ0) is 26.6. The molecule has 1 aromatic heterocycles. The molecule has 0 aliphatic carbocycles. The van der Waals surface area contributed by atoms with Gasteiger partial charge in [-0.2, -0.15) is 15.2 Å². The lowest BCUT2D eigenvalue weighted by Gasteiger charge is -2.11. The van der Waals surface area contributed by atoms with Gasteiger partial charge < -0.3 is 4.74 Å². The van der Waals surface area contributed by atoms with Crippen LogP contribution in [0.1, 0.15) is 18.1 Å². The van der Waals surface area contributed by atoms with Crippen LogP contribution in [0.3, 0.4) is 0 Å². The molecule has 2 heterocycles. The summed E-state index contributed by atoms with van der Waals surface area (Å²) in [4.78, 5) is 13.4. The van der Waals surface area contributed by atoms with Gasteiger partial charge in [-0.05, 0) is 55.0 Å². The Morgan fingerprint density at radius 1 is 0.795 bits per heavy atom. The van der Waals surface area contributed by atoms with Crippen molar-refractivity contribution < 1.29 is 9.53 Å². The molecule has 0 atom stereocenters. The number of hydrogen-bond donors (Lipinski definition) is 0. The van der Waals surface area contributed by atoms with Gasteiger partial charge in [0.1, 0.15) is 18.1 Å². The van der Waals surface area contributed by atoms with E-state index in [0.717, 1.165) is 39.5 Å². The molecular formula is C33H26N4O2. The fourth-order valence-electron chi connectivity index (χ4n) is 4.49. The van der Waals surface area contributed by atoms with E-state index in [4.69, 9.17) is 9.84 Å². The lowest BCUT2D eigenvalue weighted by atomic mass is 10.0. The van der Waals surface area contributed by atoms with Gasteiger partial charge in [-0.25, -0.2) is 4.68 Å². The zero-order valence-electron chi connectivity index (χ0n) is 21.4. The zero-order valence-corrected chi connectivity index (χ0v) is 21.4. The molecular weight excluding hydrogens is 484 g/mol. The van der Waals surface area contributed by atoms with Crippen molar-refractivity contribution in [3.8, 4) is 22.7 Å². The molecule has 4 aromatic carbocycles. The summed E-state index contributed by atoms with van der Waals surface area (Å²) in [6, 6.07) is 37.3. The largest absolute Gasteiger partial charge is 0.489 e. The van der Waals surface area contributed by atoms with Crippen LogP contribution < -0.4 is 9.75 Å². The minimum absolute atomic E-state index is 0.169. The Bertz CT molecular complexity index is 1670. The number of carbonyl (C=O) groups excluding carboxylic acids is 1. The van der Waals surface area contributed by atoms with Gasteiger partial charge in [-0.15, -0.1) is 0 Å². The number of hydrogen-bond acceptors (Lipinski definition) is 4. The maximum atomic E-state index is 13.4. The molecule has 0 N–H and O–H groups in total. The van der Waals surface area contributed by atoms with Crippen LogP contribution in [0, 0.1) is 0 Å². The number of hydrazone groups is 1. The molecule has 190 valence electrons. The maximum absolute atomic E-state index is 13.4. The van der Waals surface area contributed by atoms with E-state index < -0.39 is 0 Å². The molecule has 1 aliphatic rings. The van der Waals surface area contributed by atoms with Crippen molar-refractivity contribution in [3.63, 3.8) is 0 Å². The second-order valence-corrected chi connectivity index (χ2v) is 9.21. The smallest absolute Gasteiger partial charge is 0.280 e. The van der Waals surface area contributed by atoms with Crippen LogP contribution in [0.2, 0.25) is 0 Å². The van der Waals surface area contributed by atoms with E-state index in [-0.39, 0.29) is 5.91 Å². The lowest BCUT2D eigenvalue weighted by Crippen LogP contribution is -2.21. The van der Waals surface area contributed by atoms with Crippen molar-refractivity contribution in [3.05, 3.63) is 138 Å². The minimum atomic E-state index is -0.169. The number of anilines is 1. The highest BCUT2D eigenvalue weighted by atomic mass is 16.5. The number of para-hydroxylation sites is 2. The van der Waals surface area contributed by atoms with E-state index >= 15 is 0 Å². The average molecular weight is 511 g/mol. The van der Waals surface area contributed by atoms with Crippen LogP contribution in [-0.2, 0) is 11.4 Å². The van der Waals surface area contributed by atoms with E-state index in [0.29, 0.717) is 17.9 Å². The van der Waals surface area contributed by atoms with Crippen LogP contribution in [0.25, 0.3) is 23.0 Å². The van der Waals surface area contributed by atoms with E-state index in [1.165, 1.54) is 5.01 Å². The Morgan fingerprint density at radius 2 is 1.46 bits per heavy atom. The Labute approximate surface area is 227 Å². The number of amides is 1. The second-order valence-electron chi connectivity index (χ2n) is 9.21. The standard InChI is InChI=1S/C33H26N4O2/c1-24-31(33(38)37(34-24)29-17-9-4-10-18-29)21-27-22-36(28-15-7-3-8-16-28)35-32(27)26-14-11-19-30(20-26)39-23-25-12-5-2-6-13-25/h2-22H,23H2,1H3/b31-21-. The summed E-state index contributed by atoms with van der Waals surface area (Å²) >= 11 is 0. The van der Waals surface area contributed by atoms with Crippen molar-refractivity contribution in [1.82, 2.24) is 9.78 Å². The highest BCUT2D eigenvalue weighted by molar-refractivity contribution is 6.32. The SMILES string of the molecule is CC1=NN(c2ccccc2)C(=O)/C1=C\c1cn(-c2ccccc2)nc1-c1cccc(OCc2ccccc2)c1. The maximum Gasteiger partial charge on any atom is 0.280 e. The molecule has 39 heavy (non-hydrogen) atoms. The van der Waals surface area contributed by atoms with Crippen molar-refractivity contribution in [2.75, 3.05) is 5.01 Å². The second kappa shape index (κ2) is 10.6. The Kier molecular flexibility index (Phi) is 6.58. The lowest BCUT2D eigenvalue weighted by molar-refractivity contribution is -0.114. The molecule has 0 spiro atoms. The first kappa shape index (κ1) is 24.1. The normalized spacial score (nSPS) is 14.1. The molecule has 6 heteroatoms. The summed E-state index contributed by atoms with van der Waals surface area (Å²) in [6.45, 7) is 2.32. The summed E-state index contributed by atoms with van der Waals surface area (Å²) in [7, 11) is 0. The third-order valence-electron chi connectivity index (χ3n) is 6.48. The first-order valence-corrected chi connectivity index (χ1v) is 12.7. The summed E-state index contributed by atoms with van der Waals surface area (Å²) < 4.78 is 7.92. The van der Waals surface area contributed by atoms with Crippen LogP contribution in [0.4, 0.5) is 5.69 Å². The Hall–Kier alpha value is -5.23. The van der Waals surface area contributed by atoms with Gasteiger partial charge in [0.15, 0.2) is 0 Å². The summed E-state index contributed by atoms with van der Waals surface area (Å²) in [5.41, 5.74) is 6.39. The van der Waals surface area contributed by atoms with Gasteiger partial charge in [0.25, 0.3) is 5.91 Å². The van der Waals surface area contributed by atoms with Gasteiger partial charge in [0.2, 0.25) is 0 Å². The van der Waals surface area contributed by atoms with Gasteiger partial charge >= 0.3 is 0 Å². The van der Waals surface area contributed by atoms with Gasteiger partial charge in [-0.3, -0.25) is 4.79 Å². The molecule has 0 unspecified atom stereocenters. The number of carbonyl (C=O) groups is 1. The molecule has 0 fully saturated rings. The molecule has 1 amide bonds. The first-order valence-electron chi connectivity index (χ1n) is 12.7. The number of benzene rings is 4. The predicted molar refractivity (Wildman–Crippen MR) is 155 cm³/mol. The molecule has 1 aliphatic heterocycles. The number of ether oxygens (including phenoxy) is 1. The van der Waals surface area contributed by atoms with Crippen molar-refractivity contribution in [2.45, 2.75) is 13.5 Å². The highest BCUT2D eigenvalue weighted by Gasteiger charge is 2.29. The van der Waals surface area contributed by atoms with Crippen molar-refractivity contribution in [2.24, 2.45) is 5.10 Å². The summed E-state index contributed by atoms with van der Waals surface area (Å²) in [5, 5.41) is 10.9. The van der Waals surface area contributed by atoms with Crippen LogP contribution >= 0.6 is 0 Å². The predicted octanol–water partition coefficient (Wildman–Crippen LogP) is 6.92. The topological polar surface area (TPSA) is 59.7 Å². The van der Waals surface area contributed by atoms with E-state index in [2.05, 4.69) is 5.10 Å².